The molecule has 0 bridgehead atoms. The Morgan fingerprint density at radius 3 is 2.41 bits per heavy atom. The van der Waals surface area contributed by atoms with E-state index in [0.29, 0.717) is 0 Å². The van der Waals surface area contributed by atoms with Crippen LogP contribution >= 0.6 is 22.3 Å². The largest absolute Gasteiger partial charge is 0.350 e. The number of halogens is 2. The lowest BCUT2D eigenvalue weighted by molar-refractivity contribution is 0.0943. The molecule has 0 unspecified atom stereocenters. The summed E-state index contributed by atoms with van der Waals surface area (Å²) >= 11 is 5.83. The fraction of sp³-hybridized carbons (Fsp3) is 0.300. The predicted octanol–water partition coefficient (Wildman–Crippen LogP) is 2.41. The lowest BCUT2D eigenvalue weighted by Crippen LogP contribution is -2.30. The molecule has 0 atom stereocenters. The quantitative estimate of drug-likeness (QED) is 0.871. The number of carbonyl (C=O) groups is 1. The first-order chi connectivity index (χ1) is 7.71. The van der Waals surface area contributed by atoms with Gasteiger partial charge in [0, 0.05) is 16.7 Å². The second kappa shape index (κ2) is 5.25. The molecule has 0 heterocycles. The van der Waals surface area contributed by atoms with Gasteiger partial charge in [-0.3, -0.25) is 4.79 Å². The van der Waals surface area contributed by atoms with Gasteiger partial charge in [0.15, 0.2) is 0 Å². The predicted molar refractivity (Wildman–Crippen MR) is 67.1 cm³/mol. The molecule has 0 aliphatic carbocycles. The summed E-state index contributed by atoms with van der Waals surface area (Å²) in [6.07, 6.45) is 0. The second-order valence-electron chi connectivity index (χ2n) is 3.71. The maximum Gasteiger partial charge on any atom is 0.261 e. The fourth-order valence-electron chi connectivity index (χ4n) is 1.17. The molecule has 0 saturated carbocycles. The first-order valence-electron chi connectivity index (χ1n) is 4.77. The van der Waals surface area contributed by atoms with Crippen molar-refractivity contribution >= 4 is 37.2 Å². The minimum atomic E-state index is -3.87. The lowest BCUT2D eigenvalue weighted by atomic mass is 10.2. The van der Waals surface area contributed by atoms with Crippen molar-refractivity contribution in [2.45, 2.75) is 24.8 Å². The Morgan fingerprint density at radius 1 is 1.35 bits per heavy atom. The number of carbonyl (C=O) groups excluding carboxylic acids is 1. The summed E-state index contributed by atoms with van der Waals surface area (Å²) in [6.45, 7) is 3.57. The highest BCUT2D eigenvalue weighted by atomic mass is 35.7. The number of hydrogen-bond acceptors (Lipinski definition) is 3. The minimum absolute atomic E-state index is 0.0742. The van der Waals surface area contributed by atoms with Crippen molar-refractivity contribution in [2.24, 2.45) is 0 Å². The van der Waals surface area contributed by atoms with E-state index < -0.39 is 15.0 Å². The number of rotatable bonds is 3. The molecule has 1 rings (SSSR count). The van der Waals surface area contributed by atoms with E-state index in [1.807, 2.05) is 0 Å². The van der Waals surface area contributed by atoms with Crippen molar-refractivity contribution in [3.8, 4) is 0 Å². The summed E-state index contributed by atoms with van der Waals surface area (Å²) in [6, 6.07) is 3.65. The van der Waals surface area contributed by atoms with E-state index in [2.05, 4.69) is 5.32 Å². The molecule has 94 valence electrons. The van der Waals surface area contributed by atoms with Crippen LogP contribution in [0.1, 0.15) is 24.2 Å². The third-order valence-corrected chi connectivity index (χ3v) is 3.56. The summed E-state index contributed by atoms with van der Waals surface area (Å²) < 4.78 is 22.3. The van der Waals surface area contributed by atoms with Crippen LogP contribution in [0, 0.1) is 0 Å². The van der Waals surface area contributed by atoms with Gasteiger partial charge in [-0.1, -0.05) is 11.6 Å². The SMILES string of the molecule is CC(C)NC(=O)c1cc(S(=O)(=O)Cl)ccc1Cl. The number of amides is 1. The number of benzene rings is 1. The molecule has 0 radical (unpaired) electrons. The molecule has 17 heavy (non-hydrogen) atoms. The third-order valence-electron chi connectivity index (χ3n) is 1.88. The zero-order valence-electron chi connectivity index (χ0n) is 9.20. The summed E-state index contributed by atoms with van der Waals surface area (Å²) in [5.74, 6) is -0.438. The maximum atomic E-state index is 11.7. The highest BCUT2D eigenvalue weighted by Crippen LogP contribution is 2.22. The van der Waals surface area contributed by atoms with Crippen LogP contribution < -0.4 is 5.32 Å². The van der Waals surface area contributed by atoms with E-state index in [9.17, 15) is 13.2 Å². The van der Waals surface area contributed by atoms with Gasteiger partial charge in [-0.05, 0) is 32.0 Å². The second-order valence-corrected chi connectivity index (χ2v) is 6.68. The first-order valence-corrected chi connectivity index (χ1v) is 7.45. The van der Waals surface area contributed by atoms with Gasteiger partial charge in [-0.2, -0.15) is 0 Å². The summed E-state index contributed by atoms with van der Waals surface area (Å²) in [5, 5.41) is 2.79. The van der Waals surface area contributed by atoms with Crippen molar-refractivity contribution in [2.75, 3.05) is 0 Å². The molecular formula is C10H11Cl2NO3S. The van der Waals surface area contributed by atoms with Crippen LogP contribution in [0.2, 0.25) is 5.02 Å². The van der Waals surface area contributed by atoms with Crippen LogP contribution in [0.5, 0.6) is 0 Å². The summed E-state index contributed by atoms with van der Waals surface area (Å²) in [4.78, 5) is 11.6. The molecule has 1 aromatic carbocycles. The molecule has 0 aromatic heterocycles. The van der Waals surface area contributed by atoms with Crippen LogP contribution in [-0.2, 0) is 9.05 Å². The van der Waals surface area contributed by atoms with Gasteiger partial charge >= 0.3 is 0 Å². The molecule has 1 aromatic rings. The monoisotopic (exact) mass is 295 g/mol. The molecule has 0 spiro atoms. The molecular weight excluding hydrogens is 285 g/mol. The summed E-state index contributed by atoms with van der Waals surface area (Å²) in [7, 11) is 1.32. The van der Waals surface area contributed by atoms with Crippen molar-refractivity contribution in [3.05, 3.63) is 28.8 Å². The van der Waals surface area contributed by atoms with Crippen LogP contribution in [0.4, 0.5) is 0 Å². The molecule has 1 N–H and O–H groups in total. The first kappa shape index (κ1) is 14.3. The molecule has 0 aliphatic heterocycles. The Hall–Kier alpha value is -0.780. The Morgan fingerprint density at radius 2 is 1.94 bits per heavy atom. The third kappa shape index (κ3) is 3.87. The van der Waals surface area contributed by atoms with E-state index >= 15 is 0 Å². The summed E-state index contributed by atoms with van der Waals surface area (Å²) in [5.41, 5.74) is 0.0853. The zero-order chi connectivity index (χ0) is 13.2. The fourth-order valence-corrected chi connectivity index (χ4v) is 2.15. The normalized spacial score (nSPS) is 11.6. The molecule has 4 nitrogen and oxygen atoms in total. The molecule has 0 aliphatic rings. The lowest BCUT2D eigenvalue weighted by Gasteiger charge is -2.10. The van der Waals surface area contributed by atoms with Crippen molar-refractivity contribution in [1.82, 2.24) is 5.32 Å². The van der Waals surface area contributed by atoms with Crippen LogP contribution in [0.25, 0.3) is 0 Å². The average Bonchev–Trinajstić information content (AvgIpc) is 2.15. The minimum Gasteiger partial charge on any atom is -0.350 e. The Bertz CT molecular complexity index is 540. The van der Waals surface area contributed by atoms with Gasteiger partial charge < -0.3 is 5.32 Å². The van der Waals surface area contributed by atoms with Crippen LogP contribution in [0.3, 0.4) is 0 Å². The van der Waals surface area contributed by atoms with E-state index in [1.54, 1.807) is 13.8 Å². The maximum absolute atomic E-state index is 11.7. The highest BCUT2D eigenvalue weighted by Gasteiger charge is 2.17. The number of nitrogens with one attached hydrogen (secondary N) is 1. The van der Waals surface area contributed by atoms with Gasteiger partial charge in [0.05, 0.1) is 15.5 Å². The van der Waals surface area contributed by atoms with E-state index in [4.69, 9.17) is 22.3 Å². The van der Waals surface area contributed by atoms with E-state index in [1.165, 1.54) is 12.1 Å². The smallest absolute Gasteiger partial charge is 0.261 e. The highest BCUT2D eigenvalue weighted by molar-refractivity contribution is 8.13. The topological polar surface area (TPSA) is 63.2 Å². The van der Waals surface area contributed by atoms with Gasteiger partial charge in [-0.15, -0.1) is 0 Å². The molecule has 0 saturated heterocycles. The van der Waals surface area contributed by atoms with Crippen LogP contribution in [0.15, 0.2) is 23.1 Å². The standard InChI is InChI=1S/C10H11Cl2NO3S/c1-6(2)13-10(14)8-5-7(17(12,15)16)3-4-9(8)11/h3-6H,1-2H3,(H,13,14). The van der Waals surface area contributed by atoms with Crippen molar-refractivity contribution in [1.29, 1.82) is 0 Å². The Balaban J connectivity index is 3.20. The van der Waals surface area contributed by atoms with E-state index in [-0.39, 0.29) is 21.5 Å². The number of hydrogen-bond donors (Lipinski definition) is 1. The Labute approximate surface area is 109 Å². The van der Waals surface area contributed by atoms with Crippen LogP contribution in [-0.4, -0.2) is 20.4 Å². The van der Waals surface area contributed by atoms with Gasteiger partial charge in [0.1, 0.15) is 0 Å². The van der Waals surface area contributed by atoms with Gasteiger partial charge in [0.25, 0.3) is 15.0 Å². The molecule has 7 heteroatoms. The van der Waals surface area contributed by atoms with E-state index in [0.717, 1.165) is 6.07 Å². The van der Waals surface area contributed by atoms with Gasteiger partial charge in [-0.25, -0.2) is 8.42 Å². The molecule has 0 fully saturated rings. The zero-order valence-corrected chi connectivity index (χ0v) is 11.5. The van der Waals surface area contributed by atoms with Crippen molar-refractivity contribution in [3.63, 3.8) is 0 Å². The Kier molecular flexibility index (Phi) is 4.41. The van der Waals surface area contributed by atoms with Gasteiger partial charge in [0.2, 0.25) is 0 Å². The molecule has 1 amide bonds. The average molecular weight is 296 g/mol. The van der Waals surface area contributed by atoms with Crippen molar-refractivity contribution < 1.29 is 13.2 Å².